The van der Waals surface area contributed by atoms with Crippen LogP contribution < -0.4 is 10.1 Å². The van der Waals surface area contributed by atoms with Gasteiger partial charge in [0.1, 0.15) is 5.75 Å². The Morgan fingerprint density at radius 3 is 2.50 bits per heavy atom. The Bertz CT molecular complexity index is 844. The highest BCUT2D eigenvalue weighted by atomic mass is 79.9. The van der Waals surface area contributed by atoms with E-state index in [4.69, 9.17) is 4.74 Å². The van der Waals surface area contributed by atoms with Crippen LogP contribution in [-0.4, -0.2) is 17.4 Å². The van der Waals surface area contributed by atoms with Gasteiger partial charge in [-0.1, -0.05) is 36.7 Å². The monoisotopic (exact) mass is 420 g/mol. The molecule has 1 N–H and O–H groups in total. The summed E-state index contributed by atoms with van der Waals surface area (Å²) in [5.74, 6) is 0.320. The number of rotatable bonds is 5. The highest BCUT2D eigenvalue weighted by Gasteiger charge is 2.20. The van der Waals surface area contributed by atoms with Crippen LogP contribution >= 0.6 is 15.9 Å². The van der Waals surface area contributed by atoms with Crippen LogP contribution in [0.5, 0.6) is 5.75 Å². The van der Waals surface area contributed by atoms with Crippen molar-refractivity contribution in [2.45, 2.75) is 33.1 Å². The SMILES string of the molecule is Cc1cc([N+](=O)[O-])ccc1NC(=O)COc1ccc(Br)cc1C(C)(C)C. The average Bonchev–Trinajstić information content (AvgIpc) is 2.54. The van der Waals surface area contributed by atoms with Crippen LogP contribution in [0, 0.1) is 17.0 Å². The fraction of sp³-hybridized carbons (Fsp3) is 0.316. The standard InChI is InChI=1S/C19H21BrN2O4/c1-12-9-14(22(24)25)6-7-16(12)21-18(23)11-26-17-8-5-13(20)10-15(17)19(2,3)4/h5-10H,11H2,1-4H3,(H,21,23). The maximum Gasteiger partial charge on any atom is 0.269 e. The molecular weight excluding hydrogens is 400 g/mol. The lowest BCUT2D eigenvalue weighted by Crippen LogP contribution is -2.22. The molecule has 0 bridgehead atoms. The Kier molecular flexibility index (Phi) is 6.02. The molecule has 0 atom stereocenters. The molecule has 0 fully saturated rings. The van der Waals surface area contributed by atoms with E-state index in [2.05, 4.69) is 42.0 Å². The fourth-order valence-electron chi connectivity index (χ4n) is 2.45. The first-order valence-electron chi connectivity index (χ1n) is 8.05. The van der Waals surface area contributed by atoms with Crippen molar-refractivity contribution < 1.29 is 14.5 Å². The van der Waals surface area contributed by atoms with Crippen molar-refractivity contribution in [1.82, 2.24) is 0 Å². The van der Waals surface area contributed by atoms with Gasteiger partial charge in [0.25, 0.3) is 11.6 Å². The third-order valence-electron chi connectivity index (χ3n) is 3.80. The van der Waals surface area contributed by atoms with Crippen LogP contribution in [0.3, 0.4) is 0 Å². The van der Waals surface area contributed by atoms with E-state index in [0.29, 0.717) is 17.0 Å². The van der Waals surface area contributed by atoms with Crippen molar-refractivity contribution >= 4 is 33.2 Å². The van der Waals surface area contributed by atoms with E-state index in [1.165, 1.54) is 18.2 Å². The van der Waals surface area contributed by atoms with E-state index in [0.717, 1.165) is 10.0 Å². The summed E-state index contributed by atoms with van der Waals surface area (Å²) in [6, 6.07) is 9.97. The first-order valence-corrected chi connectivity index (χ1v) is 8.85. The maximum absolute atomic E-state index is 12.2. The number of nitrogens with zero attached hydrogens (tertiary/aromatic N) is 1. The average molecular weight is 421 g/mol. The van der Waals surface area contributed by atoms with Gasteiger partial charge in [-0.25, -0.2) is 0 Å². The Morgan fingerprint density at radius 2 is 1.92 bits per heavy atom. The van der Waals surface area contributed by atoms with Gasteiger partial charge in [0, 0.05) is 27.9 Å². The van der Waals surface area contributed by atoms with Crippen LogP contribution in [-0.2, 0) is 10.2 Å². The van der Waals surface area contributed by atoms with Gasteiger partial charge in [-0.05, 0) is 42.2 Å². The number of carbonyl (C=O) groups is 1. The Morgan fingerprint density at radius 1 is 1.23 bits per heavy atom. The number of aryl methyl sites for hydroxylation is 1. The Labute approximate surface area is 160 Å². The van der Waals surface area contributed by atoms with E-state index in [9.17, 15) is 14.9 Å². The molecule has 0 aromatic heterocycles. The molecular formula is C19H21BrN2O4. The maximum atomic E-state index is 12.2. The van der Waals surface area contributed by atoms with Gasteiger partial charge in [0.15, 0.2) is 6.61 Å². The highest BCUT2D eigenvalue weighted by Crippen LogP contribution is 2.33. The van der Waals surface area contributed by atoms with Crippen LogP contribution in [0.4, 0.5) is 11.4 Å². The number of carbonyl (C=O) groups excluding carboxylic acids is 1. The summed E-state index contributed by atoms with van der Waals surface area (Å²) in [5.41, 5.74) is 1.99. The molecule has 0 radical (unpaired) electrons. The van der Waals surface area contributed by atoms with Crippen molar-refractivity contribution in [3.8, 4) is 5.75 Å². The molecule has 0 saturated carbocycles. The van der Waals surface area contributed by atoms with Crippen LogP contribution in [0.15, 0.2) is 40.9 Å². The number of hydrogen-bond acceptors (Lipinski definition) is 4. The molecule has 0 heterocycles. The van der Waals surface area contributed by atoms with Crippen molar-refractivity contribution in [3.05, 3.63) is 62.1 Å². The van der Waals surface area contributed by atoms with Gasteiger partial charge in [-0.15, -0.1) is 0 Å². The van der Waals surface area contributed by atoms with Gasteiger partial charge in [0.05, 0.1) is 4.92 Å². The molecule has 2 aromatic rings. The largest absolute Gasteiger partial charge is 0.483 e. The van der Waals surface area contributed by atoms with E-state index in [1.54, 1.807) is 6.92 Å². The van der Waals surface area contributed by atoms with Crippen molar-refractivity contribution in [3.63, 3.8) is 0 Å². The summed E-state index contributed by atoms with van der Waals surface area (Å²) in [7, 11) is 0. The van der Waals surface area contributed by atoms with Gasteiger partial charge >= 0.3 is 0 Å². The first kappa shape index (κ1) is 19.9. The minimum absolute atomic E-state index is 0.0126. The second-order valence-corrected chi connectivity index (χ2v) is 7.90. The molecule has 0 unspecified atom stereocenters. The van der Waals surface area contributed by atoms with Gasteiger partial charge < -0.3 is 10.1 Å². The molecule has 0 aliphatic rings. The molecule has 7 heteroatoms. The molecule has 0 spiro atoms. The quantitative estimate of drug-likeness (QED) is 0.545. The minimum atomic E-state index is -0.469. The summed E-state index contributed by atoms with van der Waals surface area (Å²) in [6.07, 6.45) is 0. The second-order valence-electron chi connectivity index (χ2n) is 6.98. The molecule has 6 nitrogen and oxygen atoms in total. The number of nitro groups is 1. The number of non-ortho nitro benzene ring substituents is 1. The zero-order chi connectivity index (χ0) is 19.5. The predicted molar refractivity (Wildman–Crippen MR) is 105 cm³/mol. The van der Waals surface area contributed by atoms with Crippen LogP contribution in [0.25, 0.3) is 0 Å². The summed E-state index contributed by atoms with van der Waals surface area (Å²) >= 11 is 3.45. The smallest absolute Gasteiger partial charge is 0.269 e. The van der Waals surface area contributed by atoms with Crippen LogP contribution in [0.1, 0.15) is 31.9 Å². The lowest BCUT2D eigenvalue weighted by Gasteiger charge is -2.23. The Balaban J connectivity index is 2.07. The van der Waals surface area contributed by atoms with Crippen molar-refractivity contribution in [1.29, 1.82) is 0 Å². The number of nitro benzene ring substituents is 1. The molecule has 2 rings (SSSR count). The normalized spacial score (nSPS) is 11.1. The van der Waals surface area contributed by atoms with E-state index in [-0.39, 0.29) is 23.6 Å². The van der Waals surface area contributed by atoms with Crippen LogP contribution in [0.2, 0.25) is 0 Å². The second kappa shape index (κ2) is 7.86. The van der Waals surface area contributed by atoms with E-state index in [1.807, 2.05) is 18.2 Å². The lowest BCUT2D eigenvalue weighted by molar-refractivity contribution is -0.384. The Hall–Kier alpha value is -2.41. The molecule has 2 aromatic carbocycles. The molecule has 0 saturated heterocycles. The third-order valence-corrected chi connectivity index (χ3v) is 4.30. The van der Waals surface area contributed by atoms with Gasteiger partial charge in [-0.3, -0.25) is 14.9 Å². The summed E-state index contributed by atoms with van der Waals surface area (Å²) in [6.45, 7) is 7.77. The number of benzene rings is 2. The number of nitrogens with one attached hydrogen (secondary N) is 1. The predicted octanol–water partition coefficient (Wildman–Crippen LogP) is 4.98. The van der Waals surface area contributed by atoms with E-state index >= 15 is 0 Å². The van der Waals surface area contributed by atoms with Crippen molar-refractivity contribution in [2.24, 2.45) is 0 Å². The summed E-state index contributed by atoms with van der Waals surface area (Å²) in [5, 5.41) is 13.5. The number of amides is 1. The number of halogens is 1. The van der Waals surface area contributed by atoms with Gasteiger partial charge in [-0.2, -0.15) is 0 Å². The number of hydrogen-bond donors (Lipinski definition) is 1. The summed E-state index contributed by atoms with van der Waals surface area (Å²) in [4.78, 5) is 22.5. The fourth-order valence-corrected chi connectivity index (χ4v) is 2.81. The van der Waals surface area contributed by atoms with Crippen molar-refractivity contribution in [2.75, 3.05) is 11.9 Å². The zero-order valence-electron chi connectivity index (χ0n) is 15.1. The molecule has 1 amide bonds. The van der Waals surface area contributed by atoms with Gasteiger partial charge in [0.2, 0.25) is 0 Å². The minimum Gasteiger partial charge on any atom is -0.483 e. The molecule has 138 valence electrons. The number of anilines is 1. The van der Waals surface area contributed by atoms with E-state index < -0.39 is 4.92 Å². The highest BCUT2D eigenvalue weighted by molar-refractivity contribution is 9.10. The molecule has 0 aliphatic carbocycles. The summed E-state index contributed by atoms with van der Waals surface area (Å²) < 4.78 is 6.66. The lowest BCUT2D eigenvalue weighted by atomic mass is 9.86. The number of ether oxygens (including phenoxy) is 1. The topological polar surface area (TPSA) is 81.5 Å². The molecule has 26 heavy (non-hydrogen) atoms. The first-order chi connectivity index (χ1) is 12.1. The third kappa shape index (κ3) is 5.05. The molecule has 0 aliphatic heterocycles. The zero-order valence-corrected chi connectivity index (χ0v) is 16.7.